The van der Waals surface area contributed by atoms with Crippen LogP contribution in [0.5, 0.6) is 0 Å². The largest absolute Gasteiger partial charge is 0.480 e. The maximum Gasteiger partial charge on any atom is 0.328 e. The van der Waals surface area contributed by atoms with Crippen LogP contribution in [-0.4, -0.2) is 30.8 Å². The normalized spacial score (nSPS) is 11.7. The first kappa shape index (κ1) is 13.9. The molecule has 0 aliphatic heterocycles. The van der Waals surface area contributed by atoms with E-state index in [0.717, 1.165) is 12.1 Å². The third kappa shape index (κ3) is 3.15. The number of rotatable bonds is 5. The zero-order valence-electron chi connectivity index (χ0n) is 9.41. The minimum atomic E-state index is -1.31. The van der Waals surface area contributed by atoms with Gasteiger partial charge in [0.2, 0.25) is 0 Å². The topological polar surface area (TPSA) is 82.3 Å². The monoisotopic (exact) mass is 256 g/mol. The fourth-order valence-electron chi connectivity index (χ4n) is 1.29. The lowest BCUT2D eigenvalue weighted by molar-refractivity contribution is -0.139. The summed E-state index contributed by atoms with van der Waals surface area (Å²) in [6.07, 6.45) is 0. The van der Waals surface area contributed by atoms with Gasteiger partial charge in [-0.05, 0) is 12.1 Å². The molecule has 5 nitrogen and oxygen atoms in total. The van der Waals surface area contributed by atoms with E-state index < -0.39 is 29.3 Å². The number of benzene rings is 1. The van der Waals surface area contributed by atoms with Crippen LogP contribution in [0.15, 0.2) is 12.1 Å². The predicted molar refractivity (Wildman–Crippen MR) is 58.0 cm³/mol. The van der Waals surface area contributed by atoms with Gasteiger partial charge in [0.05, 0.1) is 18.2 Å². The molecule has 1 aromatic rings. The van der Waals surface area contributed by atoms with Gasteiger partial charge in [0, 0.05) is 7.11 Å². The van der Waals surface area contributed by atoms with Crippen LogP contribution in [0.2, 0.25) is 0 Å². The van der Waals surface area contributed by atoms with E-state index in [1.807, 2.05) is 0 Å². The Morgan fingerprint density at radius 1 is 1.56 bits per heavy atom. The number of methoxy groups -OCH3 is 1. The van der Waals surface area contributed by atoms with E-state index in [0.29, 0.717) is 0 Å². The third-order valence-electron chi connectivity index (χ3n) is 2.12. The summed E-state index contributed by atoms with van der Waals surface area (Å²) in [5.74, 6) is -3.37. The summed E-state index contributed by atoms with van der Waals surface area (Å²) in [7, 11) is 1.27. The highest BCUT2D eigenvalue weighted by atomic mass is 19.1. The second-order valence-electron chi connectivity index (χ2n) is 3.42. The Kier molecular flexibility index (Phi) is 4.57. The van der Waals surface area contributed by atoms with Crippen LogP contribution in [0.1, 0.15) is 5.56 Å². The maximum absolute atomic E-state index is 13.5. The van der Waals surface area contributed by atoms with Crippen LogP contribution in [0.4, 0.5) is 14.5 Å². The highest BCUT2D eigenvalue weighted by Gasteiger charge is 2.21. The highest BCUT2D eigenvalue weighted by molar-refractivity contribution is 5.77. The van der Waals surface area contributed by atoms with Gasteiger partial charge < -0.3 is 15.2 Å². The number of carbonyl (C=O) groups is 1. The van der Waals surface area contributed by atoms with Crippen molar-refractivity contribution in [1.82, 2.24) is 0 Å². The van der Waals surface area contributed by atoms with E-state index in [4.69, 9.17) is 10.4 Å². The van der Waals surface area contributed by atoms with Crippen LogP contribution in [0.3, 0.4) is 0 Å². The molecule has 0 aromatic heterocycles. The molecule has 18 heavy (non-hydrogen) atoms. The Bertz CT molecular complexity index is 477. The Morgan fingerprint density at radius 3 is 2.50 bits per heavy atom. The van der Waals surface area contributed by atoms with Crippen LogP contribution < -0.4 is 5.32 Å². The molecule has 0 saturated heterocycles. The zero-order valence-corrected chi connectivity index (χ0v) is 9.41. The molecular weight excluding hydrogens is 246 g/mol. The smallest absolute Gasteiger partial charge is 0.328 e. The first-order valence-corrected chi connectivity index (χ1v) is 4.87. The second-order valence-corrected chi connectivity index (χ2v) is 3.42. The van der Waals surface area contributed by atoms with Gasteiger partial charge in [-0.3, -0.25) is 0 Å². The van der Waals surface area contributed by atoms with Crippen molar-refractivity contribution in [2.24, 2.45) is 0 Å². The number of carboxylic acid groups (broad SMARTS) is 1. The van der Waals surface area contributed by atoms with Gasteiger partial charge >= 0.3 is 5.97 Å². The highest BCUT2D eigenvalue weighted by Crippen LogP contribution is 2.21. The number of nitrogens with zero attached hydrogens (tertiary/aromatic N) is 1. The summed E-state index contributed by atoms with van der Waals surface area (Å²) in [4.78, 5) is 10.8. The van der Waals surface area contributed by atoms with E-state index in [-0.39, 0.29) is 12.2 Å². The number of hydrogen-bond acceptors (Lipinski definition) is 4. The first-order chi connectivity index (χ1) is 8.49. The van der Waals surface area contributed by atoms with Crippen molar-refractivity contribution in [3.8, 4) is 6.07 Å². The lowest BCUT2D eigenvalue weighted by Crippen LogP contribution is -2.34. The quantitative estimate of drug-likeness (QED) is 0.830. The molecule has 2 N–H and O–H groups in total. The SMILES string of the molecule is COCC(Nc1c(F)cc(C#N)cc1F)C(=O)O. The van der Waals surface area contributed by atoms with Crippen molar-refractivity contribution < 1.29 is 23.4 Å². The summed E-state index contributed by atoms with van der Waals surface area (Å²) in [5.41, 5.74) is -0.785. The fourth-order valence-corrected chi connectivity index (χ4v) is 1.29. The molecule has 1 atom stereocenters. The van der Waals surface area contributed by atoms with Crippen molar-refractivity contribution in [1.29, 1.82) is 5.26 Å². The number of halogens is 2. The number of hydrogen-bond donors (Lipinski definition) is 2. The molecule has 0 amide bonds. The molecule has 0 fully saturated rings. The van der Waals surface area contributed by atoms with E-state index >= 15 is 0 Å². The number of anilines is 1. The summed E-state index contributed by atoms with van der Waals surface area (Å²) < 4.78 is 31.6. The minimum Gasteiger partial charge on any atom is -0.480 e. The molecule has 1 aromatic carbocycles. The number of nitriles is 1. The van der Waals surface area contributed by atoms with Crippen LogP contribution >= 0.6 is 0 Å². The summed E-state index contributed by atoms with van der Waals surface area (Å²) in [5, 5.41) is 19.5. The standard InChI is InChI=1S/C11H10F2N2O3/c1-18-5-9(11(16)17)15-10-7(12)2-6(4-14)3-8(10)13/h2-3,9,15H,5H2,1H3,(H,16,17). The molecule has 1 unspecified atom stereocenters. The Morgan fingerprint density at radius 2 is 2.11 bits per heavy atom. The van der Waals surface area contributed by atoms with Gasteiger partial charge in [-0.2, -0.15) is 5.26 Å². The van der Waals surface area contributed by atoms with Crippen LogP contribution in [0, 0.1) is 23.0 Å². The van der Waals surface area contributed by atoms with E-state index in [1.165, 1.54) is 7.11 Å². The Hall–Kier alpha value is -2.20. The molecule has 1 rings (SSSR count). The average molecular weight is 256 g/mol. The molecule has 0 spiro atoms. The Labute approximate surface area is 102 Å². The Balaban J connectivity index is 3.03. The molecule has 0 aliphatic carbocycles. The molecule has 0 radical (unpaired) electrons. The summed E-state index contributed by atoms with van der Waals surface area (Å²) >= 11 is 0. The third-order valence-corrected chi connectivity index (χ3v) is 2.12. The van der Waals surface area contributed by atoms with Crippen molar-refractivity contribution in [3.05, 3.63) is 29.3 Å². The second kappa shape index (κ2) is 5.93. The van der Waals surface area contributed by atoms with Crippen LogP contribution in [0.25, 0.3) is 0 Å². The molecule has 0 bridgehead atoms. The molecule has 0 heterocycles. The lowest BCUT2D eigenvalue weighted by atomic mass is 10.2. The van der Waals surface area contributed by atoms with Gasteiger partial charge in [0.1, 0.15) is 11.7 Å². The zero-order chi connectivity index (χ0) is 13.7. The van der Waals surface area contributed by atoms with E-state index in [1.54, 1.807) is 6.07 Å². The van der Waals surface area contributed by atoms with Gasteiger partial charge in [-0.1, -0.05) is 0 Å². The van der Waals surface area contributed by atoms with Crippen molar-refractivity contribution in [2.75, 3.05) is 19.0 Å². The van der Waals surface area contributed by atoms with E-state index in [9.17, 15) is 13.6 Å². The van der Waals surface area contributed by atoms with Crippen molar-refractivity contribution in [2.45, 2.75) is 6.04 Å². The predicted octanol–water partition coefficient (Wildman–Crippen LogP) is 1.35. The van der Waals surface area contributed by atoms with Gasteiger partial charge in [-0.15, -0.1) is 0 Å². The molecular formula is C11H10F2N2O3. The summed E-state index contributed by atoms with van der Waals surface area (Å²) in [6.45, 7) is -0.256. The number of nitrogens with one attached hydrogen (secondary N) is 1. The van der Waals surface area contributed by atoms with Crippen molar-refractivity contribution >= 4 is 11.7 Å². The fraction of sp³-hybridized carbons (Fsp3) is 0.273. The maximum atomic E-state index is 13.5. The minimum absolute atomic E-state index is 0.186. The summed E-state index contributed by atoms with van der Waals surface area (Å²) in [6, 6.07) is 1.94. The lowest BCUT2D eigenvalue weighted by Gasteiger charge is -2.16. The molecule has 0 aliphatic rings. The molecule has 96 valence electrons. The van der Waals surface area contributed by atoms with Gasteiger partial charge in [-0.25, -0.2) is 13.6 Å². The number of ether oxygens (including phenoxy) is 1. The van der Waals surface area contributed by atoms with Gasteiger partial charge in [0.25, 0.3) is 0 Å². The van der Waals surface area contributed by atoms with Gasteiger partial charge in [0.15, 0.2) is 11.6 Å². The first-order valence-electron chi connectivity index (χ1n) is 4.87. The average Bonchev–Trinajstić information content (AvgIpc) is 2.31. The van der Waals surface area contributed by atoms with E-state index in [2.05, 4.69) is 10.1 Å². The molecule has 7 heteroatoms. The van der Waals surface area contributed by atoms with Crippen molar-refractivity contribution in [3.63, 3.8) is 0 Å². The molecule has 0 saturated carbocycles. The van der Waals surface area contributed by atoms with Crippen LogP contribution in [-0.2, 0) is 9.53 Å². The number of aliphatic carboxylic acids is 1. The number of carboxylic acids is 1.